The molecule has 0 heterocycles. The molecule has 0 N–H and O–H groups in total. The van der Waals surface area contributed by atoms with Crippen LogP contribution in [0, 0.1) is 11.8 Å². The second-order valence-corrected chi connectivity index (χ2v) is 23.6. The van der Waals surface area contributed by atoms with Crippen LogP contribution >= 0.6 is 0 Å². The van der Waals surface area contributed by atoms with Crippen LogP contribution in [0.15, 0.2) is 0 Å². The van der Waals surface area contributed by atoms with Crippen LogP contribution in [0.25, 0.3) is 0 Å². The molecule has 0 aromatic rings. The van der Waals surface area contributed by atoms with E-state index in [0.717, 1.165) is 69.6 Å². The van der Waals surface area contributed by atoms with Crippen LogP contribution in [-0.2, 0) is 28.6 Å². The van der Waals surface area contributed by atoms with Gasteiger partial charge in [-0.05, 0) is 31.1 Å². The van der Waals surface area contributed by atoms with Gasteiger partial charge in [0.1, 0.15) is 13.2 Å². The molecule has 0 rings (SSSR count). The average Bonchev–Trinajstić information content (AvgIpc) is 3.39. The lowest BCUT2D eigenvalue weighted by atomic mass is 9.99. The fourth-order valence-corrected chi connectivity index (χ4v) is 10.4. The number of hydrogen-bond acceptors (Lipinski definition) is 6. The maximum Gasteiger partial charge on any atom is 0.306 e. The third-order valence-electron chi connectivity index (χ3n) is 16.2. The molecule has 0 saturated heterocycles. The van der Waals surface area contributed by atoms with Crippen molar-refractivity contribution in [3.63, 3.8) is 0 Å². The summed E-state index contributed by atoms with van der Waals surface area (Å²) >= 11 is 0. The summed E-state index contributed by atoms with van der Waals surface area (Å²) in [6.07, 6.45) is 66.6. The van der Waals surface area contributed by atoms with Gasteiger partial charge >= 0.3 is 17.9 Å². The summed E-state index contributed by atoms with van der Waals surface area (Å²) in [6.45, 7) is 11.5. The average molecular weight is 1030 g/mol. The van der Waals surface area contributed by atoms with Crippen molar-refractivity contribution in [3.05, 3.63) is 0 Å². The number of ether oxygens (including phenoxy) is 3. The summed E-state index contributed by atoms with van der Waals surface area (Å²) in [4.78, 5) is 38.4. The van der Waals surface area contributed by atoms with Gasteiger partial charge in [0.05, 0.1) is 0 Å². The number of unbranched alkanes of at least 4 members (excludes halogenated alkanes) is 44. The van der Waals surface area contributed by atoms with Crippen molar-refractivity contribution in [3.8, 4) is 0 Å². The fourth-order valence-electron chi connectivity index (χ4n) is 10.4. The van der Waals surface area contributed by atoms with Crippen LogP contribution in [0.1, 0.15) is 381 Å². The second-order valence-electron chi connectivity index (χ2n) is 23.6. The maximum absolute atomic E-state index is 12.9. The number of hydrogen-bond donors (Lipinski definition) is 0. The minimum atomic E-state index is -0.764. The molecule has 434 valence electrons. The molecule has 0 spiro atoms. The molecule has 0 aromatic heterocycles. The predicted octanol–water partition coefficient (Wildman–Crippen LogP) is 22.4. The lowest BCUT2D eigenvalue weighted by Crippen LogP contribution is -2.30. The highest BCUT2D eigenvalue weighted by Crippen LogP contribution is 2.20. The summed E-state index contributed by atoms with van der Waals surface area (Å²) in [5.41, 5.74) is 0. The molecule has 3 atom stereocenters. The predicted molar refractivity (Wildman–Crippen MR) is 316 cm³/mol. The van der Waals surface area contributed by atoms with Crippen LogP contribution in [0.2, 0.25) is 0 Å². The Morgan fingerprint density at radius 2 is 0.479 bits per heavy atom. The molecule has 0 radical (unpaired) electrons. The van der Waals surface area contributed by atoms with E-state index < -0.39 is 6.10 Å². The lowest BCUT2D eigenvalue weighted by Gasteiger charge is -2.18. The summed E-state index contributed by atoms with van der Waals surface area (Å²) < 4.78 is 17.0. The molecular formula is C67H130O6. The Kier molecular flexibility index (Phi) is 58.4. The quantitative estimate of drug-likeness (QED) is 0.0343. The van der Waals surface area contributed by atoms with E-state index in [0.29, 0.717) is 19.3 Å². The fraction of sp³-hybridized carbons (Fsp3) is 0.955. The molecule has 0 amide bonds. The minimum Gasteiger partial charge on any atom is -0.462 e. The van der Waals surface area contributed by atoms with E-state index in [1.165, 1.54) is 270 Å². The van der Waals surface area contributed by atoms with Gasteiger partial charge in [-0.2, -0.15) is 0 Å². The first-order valence-electron chi connectivity index (χ1n) is 33.3. The van der Waals surface area contributed by atoms with Gasteiger partial charge < -0.3 is 14.2 Å². The van der Waals surface area contributed by atoms with Gasteiger partial charge in [0, 0.05) is 19.3 Å². The van der Waals surface area contributed by atoms with Crippen LogP contribution in [0.4, 0.5) is 0 Å². The zero-order valence-corrected chi connectivity index (χ0v) is 50.3. The summed E-state index contributed by atoms with van der Waals surface area (Å²) in [6, 6.07) is 0. The molecule has 0 aliphatic carbocycles. The molecular weight excluding hydrogens is 901 g/mol. The van der Waals surface area contributed by atoms with Gasteiger partial charge in [-0.25, -0.2) is 0 Å². The zero-order chi connectivity index (χ0) is 53.2. The third kappa shape index (κ3) is 57.9. The Balaban J connectivity index is 4.26. The first kappa shape index (κ1) is 71.4. The molecule has 73 heavy (non-hydrogen) atoms. The highest BCUT2D eigenvalue weighted by Gasteiger charge is 2.20. The standard InChI is InChI=1S/C67H130O6/c1-6-9-10-11-12-13-14-15-20-27-32-37-42-47-52-57-65(68)71-60-64(73-67(70)59-54-49-44-39-34-29-24-23-26-31-36-41-46-51-56-63(5)8-3)61-72-66(69)58-53-48-43-38-33-28-22-19-17-16-18-21-25-30-35-40-45-50-55-62(4)7-2/h62-64H,6-61H2,1-5H3/t62?,63?,64-/m1/s1. The van der Waals surface area contributed by atoms with Gasteiger partial charge in [-0.15, -0.1) is 0 Å². The van der Waals surface area contributed by atoms with E-state index in [4.69, 9.17) is 14.2 Å². The van der Waals surface area contributed by atoms with Gasteiger partial charge in [0.15, 0.2) is 6.10 Å². The molecule has 0 aliphatic heterocycles. The van der Waals surface area contributed by atoms with Crippen LogP contribution in [0.3, 0.4) is 0 Å². The summed E-state index contributed by atoms with van der Waals surface area (Å²) in [5, 5.41) is 0. The summed E-state index contributed by atoms with van der Waals surface area (Å²) in [7, 11) is 0. The van der Waals surface area contributed by atoms with Crippen molar-refractivity contribution >= 4 is 17.9 Å². The zero-order valence-electron chi connectivity index (χ0n) is 50.3. The SMILES string of the molecule is CCCCCCCCCCCCCCCCCC(=O)OC[C@H](COC(=O)CCCCCCCCCCCCCCCCCCCCC(C)CC)OC(=O)CCCCCCCCCCCCCCCCC(C)CC. The third-order valence-corrected chi connectivity index (χ3v) is 16.2. The normalized spacial score (nSPS) is 12.8. The molecule has 0 fully saturated rings. The van der Waals surface area contributed by atoms with Crippen LogP contribution < -0.4 is 0 Å². The highest BCUT2D eigenvalue weighted by atomic mass is 16.6. The molecule has 0 aromatic carbocycles. The Hall–Kier alpha value is -1.59. The van der Waals surface area contributed by atoms with Gasteiger partial charge in [0.25, 0.3) is 0 Å². The molecule has 0 aliphatic rings. The van der Waals surface area contributed by atoms with E-state index in [1.807, 2.05) is 0 Å². The van der Waals surface area contributed by atoms with Crippen LogP contribution in [0.5, 0.6) is 0 Å². The molecule has 6 nitrogen and oxygen atoms in total. The van der Waals surface area contributed by atoms with Gasteiger partial charge in [-0.3, -0.25) is 14.4 Å². The first-order chi connectivity index (χ1) is 35.8. The van der Waals surface area contributed by atoms with Crippen molar-refractivity contribution < 1.29 is 28.6 Å². The van der Waals surface area contributed by atoms with Crippen molar-refractivity contribution in [2.24, 2.45) is 11.8 Å². The second kappa shape index (κ2) is 59.7. The van der Waals surface area contributed by atoms with Crippen molar-refractivity contribution in [1.82, 2.24) is 0 Å². The van der Waals surface area contributed by atoms with E-state index in [-0.39, 0.29) is 31.1 Å². The number of carbonyl (C=O) groups excluding carboxylic acids is 3. The highest BCUT2D eigenvalue weighted by molar-refractivity contribution is 5.71. The molecule has 2 unspecified atom stereocenters. The van der Waals surface area contributed by atoms with Crippen molar-refractivity contribution in [1.29, 1.82) is 0 Å². The first-order valence-corrected chi connectivity index (χ1v) is 33.3. The Morgan fingerprint density at radius 3 is 0.712 bits per heavy atom. The Labute approximate surface area is 457 Å². The number of carbonyl (C=O) groups is 3. The maximum atomic E-state index is 12.9. The van der Waals surface area contributed by atoms with Crippen LogP contribution in [-0.4, -0.2) is 37.2 Å². The monoisotopic (exact) mass is 1030 g/mol. The van der Waals surface area contributed by atoms with Gasteiger partial charge in [0.2, 0.25) is 0 Å². The molecule has 6 heteroatoms. The topological polar surface area (TPSA) is 78.9 Å². The van der Waals surface area contributed by atoms with E-state index in [2.05, 4.69) is 34.6 Å². The number of esters is 3. The summed E-state index contributed by atoms with van der Waals surface area (Å²) in [5.74, 6) is 0.976. The number of rotatable bonds is 61. The minimum absolute atomic E-state index is 0.0616. The van der Waals surface area contributed by atoms with E-state index in [9.17, 15) is 14.4 Å². The van der Waals surface area contributed by atoms with E-state index in [1.54, 1.807) is 0 Å². The van der Waals surface area contributed by atoms with Crippen molar-refractivity contribution in [2.75, 3.05) is 13.2 Å². The Bertz CT molecular complexity index is 1120. The lowest BCUT2D eigenvalue weighted by molar-refractivity contribution is -0.167. The van der Waals surface area contributed by atoms with Gasteiger partial charge in [-0.1, -0.05) is 343 Å². The van der Waals surface area contributed by atoms with E-state index >= 15 is 0 Å². The largest absolute Gasteiger partial charge is 0.462 e. The van der Waals surface area contributed by atoms with Crippen molar-refractivity contribution in [2.45, 2.75) is 387 Å². The Morgan fingerprint density at radius 1 is 0.274 bits per heavy atom. The smallest absolute Gasteiger partial charge is 0.306 e. The molecule has 0 bridgehead atoms. The molecule has 0 saturated carbocycles.